The molecular formula is C15H14O6. The van der Waals surface area contributed by atoms with Gasteiger partial charge in [-0.1, -0.05) is 0 Å². The van der Waals surface area contributed by atoms with Gasteiger partial charge in [0.2, 0.25) is 5.75 Å². The molecule has 0 saturated heterocycles. The van der Waals surface area contributed by atoms with Crippen LogP contribution in [0.25, 0.3) is 11.0 Å². The topological polar surface area (TPSA) is 82.8 Å². The van der Waals surface area contributed by atoms with Crippen molar-refractivity contribution in [1.29, 1.82) is 0 Å². The van der Waals surface area contributed by atoms with E-state index < -0.39 is 17.6 Å². The molecule has 0 unspecified atom stereocenters. The van der Waals surface area contributed by atoms with Gasteiger partial charge in [-0.25, -0.2) is 4.79 Å². The SMILES string of the molecule is CC(=O)Oc1ccc2c(C)c(C)c(=O)oc2c1OC(C)=O. The first kappa shape index (κ1) is 14.8. The van der Waals surface area contributed by atoms with E-state index in [1.54, 1.807) is 19.9 Å². The van der Waals surface area contributed by atoms with Crippen LogP contribution < -0.4 is 15.1 Å². The maximum absolute atomic E-state index is 11.8. The predicted molar refractivity (Wildman–Crippen MR) is 74.6 cm³/mol. The molecule has 1 heterocycles. The largest absolute Gasteiger partial charge is 0.423 e. The van der Waals surface area contributed by atoms with E-state index in [0.29, 0.717) is 16.5 Å². The summed E-state index contributed by atoms with van der Waals surface area (Å²) in [5.41, 5.74) is 0.728. The normalized spacial score (nSPS) is 10.5. The second kappa shape index (κ2) is 5.40. The highest BCUT2D eigenvalue weighted by Crippen LogP contribution is 2.37. The summed E-state index contributed by atoms with van der Waals surface area (Å²) in [6, 6.07) is 3.14. The quantitative estimate of drug-likeness (QED) is 0.479. The second-order valence-corrected chi connectivity index (χ2v) is 4.60. The van der Waals surface area contributed by atoms with Gasteiger partial charge in [0.1, 0.15) is 0 Å². The van der Waals surface area contributed by atoms with Crippen LogP contribution >= 0.6 is 0 Å². The lowest BCUT2D eigenvalue weighted by molar-refractivity contribution is -0.134. The molecule has 21 heavy (non-hydrogen) atoms. The minimum Gasteiger partial charge on any atom is -0.423 e. The number of hydrogen-bond donors (Lipinski definition) is 0. The molecule has 1 aromatic heterocycles. The minimum absolute atomic E-state index is 0.0246. The van der Waals surface area contributed by atoms with Gasteiger partial charge in [-0.05, 0) is 31.5 Å². The Balaban J connectivity index is 2.83. The molecule has 0 aliphatic carbocycles. The van der Waals surface area contributed by atoms with Crippen LogP contribution in [0.15, 0.2) is 21.3 Å². The molecule has 0 radical (unpaired) electrons. The second-order valence-electron chi connectivity index (χ2n) is 4.60. The lowest BCUT2D eigenvalue weighted by atomic mass is 10.1. The van der Waals surface area contributed by atoms with Crippen LogP contribution in [0.4, 0.5) is 0 Å². The van der Waals surface area contributed by atoms with E-state index in [2.05, 4.69) is 0 Å². The molecule has 0 spiro atoms. The number of aryl methyl sites for hydroxylation is 1. The van der Waals surface area contributed by atoms with Crippen molar-refractivity contribution in [3.63, 3.8) is 0 Å². The van der Waals surface area contributed by atoms with Crippen molar-refractivity contribution in [3.8, 4) is 11.5 Å². The molecule has 0 amide bonds. The highest BCUT2D eigenvalue weighted by Gasteiger charge is 2.19. The number of carbonyl (C=O) groups excluding carboxylic acids is 2. The van der Waals surface area contributed by atoms with Crippen LogP contribution in [-0.4, -0.2) is 11.9 Å². The highest BCUT2D eigenvalue weighted by molar-refractivity contribution is 5.91. The molecule has 0 aliphatic rings. The van der Waals surface area contributed by atoms with E-state index in [9.17, 15) is 14.4 Å². The third-order valence-electron chi connectivity index (χ3n) is 3.04. The van der Waals surface area contributed by atoms with Crippen molar-refractivity contribution in [2.45, 2.75) is 27.7 Å². The standard InChI is InChI=1S/C15H14O6/c1-7-8(2)15(18)21-13-11(7)5-6-12(19-9(3)16)14(13)20-10(4)17/h5-6H,1-4H3. The van der Waals surface area contributed by atoms with Crippen LogP contribution in [0.1, 0.15) is 25.0 Å². The number of carbonyl (C=O) groups is 2. The first-order chi connectivity index (χ1) is 9.81. The summed E-state index contributed by atoms with van der Waals surface area (Å²) in [6.45, 7) is 5.83. The minimum atomic E-state index is -0.614. The molecule has 2 rings (SSSR count). The van der Waals surface area contributed by atoms with Crippen molar-refractivity contribution in [3.05, 3.63) is 33.7 Å². The maximum Gasteiger partial charge on any atom is 0.339 e. The molecule has 0 bridgehead atoms. The van der Waals surface area contributed by atoms with Crippen molar-refractivity contribution in [2.24, 2.45) is 0 Å². The number of benzene rings is 1. The average molecular weight is 290 g/mol. The van der Waals surface area contributed by atoms with Crippen LogP contribution in [0.3, 0.4) is 0 Å². The van der Waals surface area contributed by atoms with Gasteiger partial charge in [0, 0.05) is 24.8 Å². The first-order valence-corrected chi connectivity index (χ1v) is 6.25. The fourth-order valence-electron chi connectivity index (χ4n) is 1.94. The van der Waals surface area contributed by atoms with Crippen molar-refractivity contribution >= 4 is 22.9 Å². The monoisotopic (exact) mass is 290 g/mol. The molecule has 1 aromatic carbocycles. The molecule has 0 fully saturated rings. The molecule has 0 aliphatic heterocycles. The van der Waals surface area contributed by atoms with E-state index in [1.165, 1.54) is 19.9 Å². The Labute approximate surface area is 120 Å². The third-order valence-corrected chi connectivity index (χ3v) is 3.04. The molecular weight excluding hydrogens is 276 g/mol. The number of ether oxygens (including phenoxy) is 2. The van der Waals surface area contributed by atoms with Gasteiger partial charge >= 0.3 is 17.6 Å². The average Bonchev–Trinajstić information content (AvgIpc) is 2.38. The fourth-order valence-corrected chi connectivity index (χ4v) is 1.94. The highest BCUT2D eigenvalue weighted by atomic mass is 16.6. The first-order valence-electron chi connectivity index (χ1n) is 6.25. The summed E-state index contributed by atoms with van der Waals surface area (Å²) in [5, 5.41) is 0.610. The summed E-state index contributed by atoms with van der Waals surface area (Å²) in [4.78, 5) is 34.2. The van der Waals surface area contributed by atoms with E-state index >= 15 is 0 Å². The summed E-state index contributed by atoms with van der Waals surface area (Å²) in [5.74, 6) is -1.24. The Bertz CT molecular complexity index is 800. The molecule has 0 N–H and O–H groups in total. The zero-order valence-electron chi connectivity index (χ0n) is 12.1. The van der Waals surface area contributed by atoms with E-state index in [-0.39, 0.29) is 17.1 Å². The molecule has 0 atom stereocenters. The van der Waals surface area contributed by atoms with Gasteiger partial charge < -0.3 is 13.9 Å². The van der Waals surface area contributed by atoms with Gasteiger partial charge in [0.05, 0.1) is 0 Å². The predicted octanol–water partition coefficient (Wildman–Crippen LogP) is 2.26. The van der Waals surface area contributed by atoms with Gasteiger partial charge in [0.15, 0.2) is 11.3 Å². The van der Waals surface area contributed by atoms with E-state index in [4.69, 9.17) is 13.9 Å². The zero-order chi connectivity index (χ0) is 15.7. The van der Waals surface area contributed by atoms with Crippen molar-refractivity contribution in [1.82, 2.24) is 0 Å². The van der Waals surface area contributed by atoms with E-state index in [1.807, 2.05) is 0 Å². The van der Waals surface area contributed by atoms with Crippen LogP contribution in [0, 0.1) is 13.8 Å². The molecule has 2 aromatic rings. The Kier molecular flexibility index (Phi) is 3.80. The van der Waals surface area contributed by atoms with Crippen molar-refractivity contribution in [2.75, 3.05) is 0 Å². The van der Waals surface area contributed by atoms with E-state index in [0.717, 1.165) is 0 Å². The Morgan fingerprint density at radius 1 is 1.00 bits per heavy atom. The number of fused-ring (bicyclic) bond motifs is 1. The van der Waals surface area contributed by atoms with Gasteiger partial charge in [-0.2, -0.15) is 0 Å². The lowest BCUT2D eigenvalue weighted by Crippen LogP contribution is -2.10. The summed E-state index contributed by atoms with van der Waals surface area (Å²) in [6.07, 6.45) is 0. The van der Waals surface area contributed by atoms with Crippen LogP contribution in [0.5, 0.6) is 11.5 Å². The van der Waals surface area contributed by atoms with Crippen molar-refractivity contribution < 1.29 is 23.5 Å². The fraction of sp³-hybridized carbons (Fsp3) is 0.267. The summed E-state index contributed by atoms with van der Waals surface area (Å²) in [7, 11) is 0. The number of esters is 2. The van der Waals surface area contributed by atoms with Crippen LogP contribution in [0.2, 0.25) is 0 Å². The lowest BCUT2D eigenvalue weighted by Gasteiger charge is -2.12. The molecule has 6 nitrogen and oxygen atoms in total. The number of rotatable bonds is 2. The summed E-state index contributed by atoms with van der Waals surface area (Å²) < 4.78 is 15.3. The van der Waals surface area contributed by atoms with Crippen LogP contribution in [-0.2, 0) is 9.59 Å². The van der Waals surface area contributed by atoms with Gasteiger partial charge in [-0.15, -0.1) is 0 Å². The molecule has 110 valence electrons. The Morgan fingerprint density at radius 3 is 2.19 bits per heavy atom. The van der Waals surface area contributed by atoms with Gasteiger partial charge in [-0.3, -0.25) is 9.59 Å². The summed E-state index contributed by atoms with van der Waals surface area (Å²) >= 11 is 0. The van der Waals surface area contributed by atoms with Gasteiger partial charge in [0.25, 0.3) is 0 Å². The Morgan fingerprint density at radius 2 is 1.62 bits per heavy atom. The maximum atomic E-state index is 11.8. The Hall–Kier alpha value is -2.63. The third kappa shape index (κ3) is 2.79. The molecule has 0 saturated carbocycles. The number of hydrogen-bond acceptors (Lipinski definition) is 6. The zero-order valence-corrected chi connectivity index (χ0v) is 12.1. The molecule has 6 heteroatoms. The smallest absolute Gasteiger partial charge is 0.339 e.